The number of carboxylic acid groups (broad SMARTS) is 1. The Morgan fingerprint density at radius 3 is 1.57 bits per heavy atom. The molecule has 1 unspecified atom stereocenters. The number of ether oxygens (including phenoxy) is 1. The van der Waals surface area contributed by atoms with Crippen LogP contribution in [0, 0.1) is 0 Å². The van der Waals surface area contributed by atoms with Crippen molar-refractivity contribution < 1.29 is 64.4 Å². The van der Waals surface area contributed by atoms with Gasteiger partial charge < -0.3 is 14.9 Å². The second-order valence-electron chi connectivity index (χ2n) is 5.07. The van der Waals surface area contributed by atoms with Crippen molar-refractivity contribution in [2.75, 3.05) is 26.6 Å². The van der Waals surface area contributed by atoms with Gasteiger partial charge in [-0.2, -0.15) is 0 Å². The van der Waals surface area contributed by atoms with Gasteiger partial charge in [0.15, 0.2) is 13.3 Å². The molecule has 30 heavy (non-hydrogen) atoms. The van der Waals surface area contributed by atoms with E-state index in [9.17, 15) is 31.1 Å². The molecule has 0 amide bonds. The molecule has 0 aromatic heterocycles. The Balaban J connectivity index is -0.0000000968. The van der Waals surface area contributed by atoms with E-state index in [0.717, 1.165) is 19.3 Å². The van der Waals surface area contributed by atoms with Gasteiger partial charge in [-0.05, 0) is 12.8 Å². The second kappa shape index (κ2) is 27.2. The molecule has 1 fully saturated rings. The number of rotatable bonds is 8. The summed E-state index contributed by atoms with van der Waals surface area (Å²) >= 11 is 0. The molecule has 0 aromatic carbocycles. The van der Waals surface area contributed by atoms with E-state index in [4.69, 9.17) is 28.5 Å². The third-order valence-electron chi connectivity index (χ3n) is 2.05. The summed E-state index contributed by atoms with van der Waals surface area (Å²) in [6.45, 7) is 5.60. The van der Waals surface area contributed by atoms with Crippen molar-refractivity contribution >= 4 is 5.97 Å². The van der Waals surface area contributed by atoms with Crippen molar-refractivity contribution in [3.63, 3.8) is 0 Å². The van der Waals surface area contributed by atoms with E-state index in [1.165, 1.54) is 6.08 Å². The fraction of sp³-hybridized carbons (Fsp3) is 0.688. The first kappa shape index (κ1) is 38.7. The lowest BCUT2D eigenvalue weighted by atomic mass is 10.1. The molecule has 1 saturated heterocycles. The smallest absolute Gasteiger partial charge is 0.327 e. The number of halogens is 10. The lowest BCUT2D eigenvalue weighted by molar-refractivity contribution is -0.131. The van der Waals surface area contributed by atoms with Crippen LogP contribution in [0.25, 0.3) is 0 Å². The van der Waals surface area contributed by atoms with E-state index in [-0.39, 0.29) is 6.42 Å². The van der Waals surface area contributed by atoms with Gasteiger partial charge in [0, 0.05) is 37.7 Å². The van der Waals surface area contributed by atoms with Crippen molar-refractivity contribution in [1.82, 2.24) is 0 Å². The van der Waals surface area contributed by atoms with Gasteiger partial charge in [-0.3, -0.25) is 0 Å². The second-order valence-corrected chi connectivity index (χ2v) is 5.07. The Labute approximate surface area is 167 Å². The van der Waals surface area contributed by atoms with Gasteiger partial charge in [-0.1, -0.05) is 12.7 Å². The largest absolute Gasteiger partial charge is 0.478 e. The van der Waals surface area contributed by atoms with Crippen molar-refractivity contribution in [2.45, 2.75) is 44.1 Å². The lowest BCUT2D eigenvalue weighted by Crippen LogP contribution is -2.25. The molecule has 1 aliphatic rings. The molecule has 1 heterocycles. The number of carboxylic acids is 1. The normalized spacial score (nSPS) is 12.0. The molecule has 1 aliphatic heterocycles. The standard InChI is InChI=1S/C8H13F3O.C3H5F3.C3H4O2.C2H4O.2F2/c1-2-3-4-7(12)5-8(10,11)6-9;1-3(5,6)2-4;1-2-3(4)5;1-2-3-1;2*1-2/h2,7,12H,1,3-6H2;2H2,1H3;2H,1H2,(H,4,5);1-2H2;;. The van der Waals surface area contributed by atoms with Crippen molar-refractivity contribution in [3.8, 4) is 0 Å². The maximum absolute atomic E-state index is 12.3. The highest BCUT2D eigenvalue weighted by molar-refractivity contribution is 5.78. The topological polar surface area (TPSA) is 70.1 Å². The summed E-state index contributed by atoms with van der Waals surface area (Å²) in [7, 11) is 0. The number of carbonyl (C=O) groups is 1. The van der Waals surface area contributed by atoms with E-state index in [1.807, 2.05) is 0 Å². The van der Waals surface area contributed by atoms with Crippen molar-refractivity contribution in [3.05, 3.63) is 25.3 Å². The van der Waals surface area contributed by atoms with Gasteiger partial charge >= 0.3 is 5.97 Å². The SMILES string of the molecule is C1CO1.C=CC(=O)O.C=CCCC(O)CC(F)(F)CF.CC(F)(F)CF.FF.FF. The monoisotopic (exact) mass is 472 g/mol. The average Bonchev–Trinajstić information content (AvgIpc) is 3.59. The maximum atomic E-state index is 12.3. The fourth-order valence-corrected chi connectivity index (χ4v) is 0.812. The Kier molecular flexibility index (Phi) is 35.1. The molecule has 14 heteroatoms. The first-order valence-electron chi connectivity index (χ1n) is 7.73. The minimum absolute atomic E-state index is 0.207. The molecule has 0 radical (unpaired) electrons. The molecule has 4 nitrogen and oxygen atoms in total. The lowest BCUT2D eigenvalue weighted by Gasteiger charge is -2.15. The zero-order valence-electron chi connectivity index (χ0n) is 16.1. The molecule has 2 N–H and O–H groups in total. The minimum atomic E-state index is -3.39. The van der Waals surface area contributed by atoms with E-state index in [1.54, 1.807) is 0 Å². The Morgan fingerprint density at radius 2 is 1.40 bits per heavy atom. The number of aliphatic carboxylic acids is 1. The van der Waals surface area contributed by atoms with Crippen LogP contribution in [0.2, 0.25) is 0 Å². The van der Waals surface area contributed by atoms with Crippen LogP contribution in [-0.2, 0) is 9.53 Å². The fourth-order valence-electron chi connectivity index (χ4n) is 0.812. The van der Waals surface area contributed by atoms with E-state index in [0.29, 0.717) is 13.3 Å². The predicted molar refractivity (Wildman–Crippen MR) is 90.7 cm³/mol. The third kappa shape index (κ3) is 63.4. The summed E-state index contributed by atoms with van der Waals surface area (Å²) in [5, 5.41) is 16.6. The van der Waals surface area contributed by atoms with E-state index < -0.39 is 43.7 Å². The van der Waals surface area contributed by atoms with Gasteiger partial charge in [-0.15, -0.1) is 6.58 Å². The number of aliphatic hydroxyl groups is 1. The summed E-state index contributed by atoms with van der Waals surface area (Å²) < 4.78 is 106. The van der Waals surface area contributed by atoms with Crippen molar-refractivity contribution in [2.24, 2.45) is 0 Å². The molecular formula is C16H26F10O4. The van der Waals surface area contributed by atoms with Gasteiger partial charge in [0.1, 0.15) is 0 Å². The summed E-state index contributed by atoms with van der Waals surface area (Å²) in [6, 6.07) is 0. The molecule has 184 valence electrons. The number of aliphatic hydroxyl groups excluding tert-OH is 1. The highest BCUT2D eigenvalue weighted by Gasteiger charge is 2.31. The molecule has 1 rings (SSSR count). The molecule has 1 atom stereocenters. The van der Waals surface area contributed by atoms with Crippen LogP contribution in [0.1, 0.15) is 26.2 Å². The number of hydrogen-bond acceptors (Lipinski definition) is 3. The third-order valence-corrected chi connectivity index (χ3v) is 2.05. The Morgan fingerprint density at radius 1 is 1.07 bits per heavy atom. The van der Waals surface area contributed by atoms with E-state index >= 15 is 0 Å². The molecule has 0 saturated carbocycles. The van der Waals surface area contributed by atoms with Gasteiger partial charge in [0.2, 0.25) is 0 Å². The summed E-state index contributed by atoms with van der Waals surface area (Å²) in [5.74, 6) is -7.49. The summed E-state index contributed by atoms with van der Waals surface area (Å²) in [6.07, 6.45) is 1.07. The molecule has 0 aromatic rings. The molecule has 0 bridgehead atoms. The number of epoxide rings is 1. The summed E-state index contributed by atoms with van der Waals surface area (Å²) in [4.78, 5) is 9.25. The number of hydrogen-bond donors (Lipinski definition) is 2. The number of allylic oxidation sites excluding steroid dienone is 1. The quantitative estimate of drug-likeness (QED) is 0.201. The summed E-state index contributed by atoms with van der Waals surface area (Å²) in [5.41, 5.74) is 0. The highest BCUT2D eigenvalue weighted by atomic mass is 20.0. The maximum Gasteiger partial charge on any atom is 0.327 e. The Bertz CT molecular complexity index is 375. The van der Waals surface area contributed by atoms with Crippen LogP contribution in [0.15, 0.2) is 25.3 Å². The van der Waals surface area contributed by atoms with Crippen LogP contribution in [0.5, 0.6) is 0 Å². The van der Waals surface area contributed by atoms with Gasteiger partial charge in [-0.25, -0.2) is 31.1 Å². The van der Waals surface area contributed by atoms with Gasteiger partial charge in [0.25, 0.3) is 11.8 Å². The molecule has 0 aliphatic carbocycles. The Hall–Kier alpha value is -1.83. The van der Waals surface area contributed by atoms with E-state index in [2.05, 4.69) is 17.9 Å². The average molecular weight is 472 g/mol. The van der Waals surface area contributed by atoms with Crippen LogP contribution < -0.4 is 0 Å². The van der Waals surface area contributed by atoms with Crippen LogP contribution >= 0.6 is 0 Å². The first-order valence-corrected chi connectivity index (χ1v) is 7.73. The van der Waals surface area contributed by atoms with Crippen LogP contribution in [-0.4, -0.2) is 60.7 Å². The van der Waals surface area contributed by atoms with Crippen LogP contribution in [0.4, 0.5) is 44.6 Å². The number of alkyl halides is 6. The predicted octanol–water partition coefficient (Wildman–Crippen LogP) is 5.87. The first-order chi connectivity index (χ1) is 13.8. The minimum Gasteiger partial charge on any atom is -0.478 e. The van der Waals surface area contributed by atoms with Crippen molar-refractivity contribution in [1.29, 1.82) is 0 Å². The zero-order chi connectivity index (χ0) is 25.2. The highest BCUT2D eigenvalue weighted by Crippen LogP contribution is 2.22. The molecular weight excluding hydrogens is 446 g/mol. The zero-order valence-corrected chi connectivity index (χ0v) is 16.1. The molecule has 0 spiro atoms. The van der Waals surface area contributed by atoms with Gasteiger partial charge in [0.05, 0.1) is 19.3 Å². The van der Waals surface area contributed by atoms with Crippen LogP contribution in [0.3, 0.4) is 0 Å².